The molecule has 252 valence electrons. The Hall–Kier alpha value is -4.09. The molecule has 12 heteroatoms. The summed E-state index contributed by atoms with van der Waals surface area (Å²) in [5.74, 6) is -2.22. The topological polar surface area (TPSA) is 171 Å². The third kappa shape index (κ3) is 3.41. The van der Waals surface area contributed by atoms with Gasteiger partial charge in [0.15, 0.2) is 12.2 Å². The molecular weight excluding hydrogens is 610 g/mol. The van der Waals surface area contributed by atoms with Gasteiger partial charge >= 0.3 is 23.9 Å². The van der Waals surface area contributed by atoms with E-state index in [1.807, 2.05) is 13.8 Å². The van der Waals surface area contributed by atoms with E-state index in [0.717, 1.165) is 0 Å². The van der Waals surface area contributed by atoms with Crippen LogP contribution in [-0.4, -0.2) is 46.8 Å². The minimum atomic E-state index is -1.61. The second kappa shape index (κ2) is 8.87. The molecule has 4 fully saturated rings. The summed E-state index contributed by atoms with van der Waals surface area (Å²) in [5, 5.41) is 0.108. The Bertz CT molecular complexity index is 1890. The Balaban J connectivity index is 1.38. The molecule has 5 aliphatic rings. The number of ether oxygens (including phenoxy) is 5. The Morgan fingerprint density at radius 3 is 1.74 bits per heavy atom. The van der Waals surface area contributed by atoms with Crippen LogP contribution in [0.2, 0.25) is 0 Å². The molecule has 2 saturated heterocycles. The molecule has 1 aromatic carbocycles. The van der Waals surface area contributed by atoms with E-state index in [4.69, 9.17) is 33.8 Å². The van der Waals surface area contributed by atoms with E-state index in [1.54, 1.807) is 47.6 Å². The van der Waals surface area contributed by atoms with Crippen molar-refractivity contribution in [3.8, 4) is 5.75 Å². The number of hydrogen-bond acceptors (Lipinski definition) is 12. The van der Waals surface area contributed by atoms with Crippen molar-refractivity contribution in [1.29, 1.82) is 0 Å². The monoisotopic (exact) mass is 651 g/mol. The van der Waals surface area contributed by atoms with Crippen LogP contribution >= 0.6 is 0 Å². The third-order valence-electron chi connectivity index (χ3n) is 13.2. The van der Waals surface area contributed by atoms with Crippen molar-refractivity contribution in [1.82, 2.24) is 0 Å². The molecule has 3 aliphatic heterocycles. The van der Waals surface area contributed by atoms with Crippen molar-refractivity contribution in [2.24, 2.45) is 21.7 Å². The highest BCUT2D eigenvalue weighted by atomic mass is 16.7. The lowest BCUT2D eigenvalue weighted by Crippen LogP contribution is -2.57. The van der Waals surface area contributed by atoms with Crippen LogP contribution in [0, 0.1) is 28.6 Å². The molecule has 2 N–H and O–H groups in total. The van der Waals surface area contributed by atoms with E-state index < -0.39 is 80.0 Å². The van der Waals surface area contributed by atoms with E-state index >= 15 is 0 Å². The van der Waals surface area contributed by atoms with Crippen molar-refractivity contribution >= 4 is 40.5 Å². The molecule has 7 rings (SSSR count). The summed E-state index contributed by atoms with van der Waals surface area (Å²) in [6.07, 6.45) is -1.41. The van der Waals surface area contributed by atoms with Gasteiger partial charge in [0.2, 0.25) is 16.6 Å². The maximum absolute atomic E-state index is 14.5. The summed E-state index contributed by atoms with van der Waals surface area (Å²) >= 11 is 0. The van der Waals surface area contributed by atoms with Crippen LogP contribution in [0.1, 0.15) is 98.5 Å². The van der Waals surface area contributed by atoms with Crippen LogP contribution in [0.25, 0.3) is 11.0 Å². The largest absolute Gasteiger partial charge is 0.483 e. The van der Waals surface area contributed by atoms with Gasteiger partial charge in [0.25, 0.3) is 0 Å². The van der Waals surface area contributed by atoms with Crippen molar-refractivity contribution < 1.29 is 47.3 Å². The van der Waals surface area contributed by atoms with E-state index in [9.17, 15) is 24.0 Å². The molecule has 4 bridgehead atoms. The van der Waals surface area contributed by atoms with Gasteiger partial charge in [-0.25, -0.2) is 9.59 Å². The first kappa shape index (κ1) is 31.5. The van der Waals surface area contributed by atoms with Crippen LogP contribution in [0.15, 0.2) is 21.3 Å². The second-order valence-electron chi connectivity index (χ2n) is 16.0. The number of nitrogens with two attached hydrogens (primary N) is 1. The standard InChI is InChI=1S/C35H41NO11/c1-16-20(36)21(37)17-10-11-18-19(22(17)42-16)23(43-27(40)34-14-12-32(8,25(38)46-34)30(34,4)5)24(29(2,3)45-18)44-28(41)35-15-13-33(9,26(39)47-35)31(35,6)7/h10-11,23-24H,12-15,36H2,1-9H3/t23-,24-,32+,33-,34?,35?/m1/s1. The number of fused-ring (bicyclic) bond motifs is 7. The fourth-order valence-electron chi connectivity index (χ4n) is 8.75. The highest BCUT2D eigenvalue weighted by Gasteiger charge is 2.78. The predicted octanol–water partition coefficient (Wildman–Crippen LogP) is 4.59. The highest BCUT2D eigenvalue weighted by molar-refractivity contribution is 5.95. The zero-order valence-corrected chi connectivity index (χ0v) is 28.2. The average Bonchev–Trinajstić information content (AvgIpc) is 3.45. The Kier molecular flexibility index (Phi) is 5.95. The van der Waals surface area contributed by atoms with Crippen LogP contribution in [0.4, 0.5) is 5.69 Å². The van der Waals surface area contributed by atoms with E-state index in [-0.39, 0.29) is 46.6 Å². The van der Waals surface area contributed by atoms with Crippen molar-refractivity contribution in [2.45, 2.75) is 117 Å². The third-order valence-corrected chi connectivity index (χ3v) is 13.2. The Morgan fingerprint density at radius 1 is 0.766 bits per heavy atom. The minimum Gasteiger partial charge on any atom is -0.483 e. The molecule has 0 spiro atoms. The summed E-state index contributed by atoms with van der Waals surface area (Å²) in [6, 6.07) is 3.07. The zero-order chi connectivity index (χ0) is 34.5. The van der Waals surface area contributed by atoms with Gasteiger partial charge in [0.05, 0.1) is 21.8 Å². The molecule has 0 radical (unpaired) electrons. The SMILES string of the molecule is Cc1oc2c3c(ccc2c(=O)c1N)OC(C)(C)[C@H](OC(=O)C12CC[C@](C)(C(=O)O1)C2(C)C)[C@@H]3OC(=O)C12CC[C@@](C)(C(=O)O1)C2(C)C. The van der Waals surface area contributed by atoms with E-state index in [1.165, 1.54) is 13.0 Å². The molecule has 6 atom stereocenters. The molecule has 2 aliphatic carbocycles. The molecule has 0 amide bonds. The molecule has 2 saturated carbocycles. The summed E-state index contributed by atoms with van der Waals surface area (Å²) in [6.45, 7) is 15.7. The summed E-state index contributed by atoms with van der Waals surface area (Å²) in [7, 11) is 0. The molecule has 4 heterocycles. The highest BCUT2D eigenvalue weighted by Crippen LogP contribution is 2.67. The number of hydrogen-bond donors (Lipinski definition) is 1. The van der Waals surface area contributed by atoms with E-state index in [2.05, 4.69) is 0 Å². The van der Waals surface area contributed by atoms with Crippen molar-refractivity contribution in [3.05, 3.63) is 33.7 Å². The number of nitrogen functional groups attached to an aromatic ring is 1. The Labute approximate surface area is 271 Å². The van der Waals surface area contributed by atoms with E-state index in [0.29, 0.717) is 12.8 Å². The number of esters is 4. The number of carbonyl (C=O) groups is 4. The van der Waals surface area contributed by atoms with Crippen molar-refractivity contribution in [2.75, 3.05) is 5.73 Å². The van der Waals surface area contributed by atoms with Gasteiger partial charge in [-0.3, -0.25) is 14.4 Å². The van der Waals surface area contributed by atoms with Gasteiger partial charge in [-0.1, -0.05) is 27.7 Å². The Morgan fingerprint density at radius 2 is 1.28 bits per heavy atom. The van der Waals surface area contributed by atoms with Crippen LogP contribution < -0.4 is 15.9 Å². The number of rotatable bonds is 4. The van der Waals surface area contributed by atoms with Crippen LogP contribution in [0.3, 0.4) is 0 Å². The molecule has 47 heavy (non-hydrogen) atoms. The first-order valence-electron chi connectivity index (χ1n) is 16.1. The van der Waals surface area contributed by atoms with Gasteiger partial charge in [-0.2, -0.15) is 0 Å². The molecule has 2 aromatic rings. The lowest BCUT2D eigenvalue weighted by atomic mass is 9.66. The fraction of sp³-hybridized carbons (Fsp3) is 0.629. The van der Waals surface area contributed by atoms with Crippen LogP contribution in [0.5, 0.6) is 5.75 Å². The summed E-state index contributed by atoms with van der Waals surface area (Å²) in [4.78, 5) is 68.2. The fourth-order valence-corrected chi connectivity index (χ4v) is 8.75. The number of anilines is 1. The average molecular weight is 652 g/mol. The maximum atomic E-state index is 14.5. The quantitative estimate of drug-likeness (QED) is 0.361. The van der Waals surface area contributed by atoms with Crippen molar-refractivity contribution in [3.63, 3.8) is 0 Å². The summed E-state index contributed by atoms with van der Waals surface area (Å²) in [5.41, 5.74) is -2.53. The lowest BCUT2D eigenvalue weighted by molar-refractivity contribution is -0.217. The first-order valence-corrected chi connectivity index (χ1v) is 16.1. The smallest absolute Gasteiger partial charge is 0.351 e. The first-order chi connectivity index (χ1) is 21.6. The molecule has 2 unspecified atom stereocenters. The van der Waals surface area contributed by atoms with Gasteiger partial charge in [0.1, 0.15) is 28.4 Å². The predicted molar refractivity (Wildman–Crippen MR) is 165 cm³/mol. The maximum Gasteiger partial charge on any atom is 0.351 e. The van der Waals surface area contributed by atoms with Crippen LogP contribution in [-0.2, 0) is 38.1 Å². The number of carbonyl (C=O) groups excluding carboxylic acids is 4. The van der Waals surface area contributed by atoms with Gasteiger partial charge in [-0.15, -0.1) is 0 Å². The molecule has 12 nitrogen and oxygen atoms in total. The molecular formula is C35H41NO11. The summed E-state index contributed by atoms with van der Waals surface area (Å²) < 4.78 is 36.8. The normalized spacial score (nSPS) is 36.8. The van der Waals surface area contributed by atoms with Gasteiger partial charge in [-0.05, 0) is 72.4 Å². The van der Waals surface area contributed by atoms with Gasteiger partial charge in [0, 0.05) is 10.8 Å². The lowest BCUT2D eigenvalue weighted by Gasteiger charge is -2.45. The molecule has 1 aromatic heterocycles. The minimum absolute atomic E-state index is 0.0456. The number of benzene rings is 1. The van der Waals surface area contributed by atoms with Gasteiger partial charge < -0.3 is 33.8 Å². The zero-order valence-electron chi connectivity index (χ0n) is 28.2. The second-order valence-corrected chi connectivity index (χ2v) is 16.0. The number of aryl methyl sites for hydroxylation is 1.